The molecule has 16 heavy (non-hydrogen) atoms. The van der Waals surface area contributed by atoms with Gasteiger partial charge in [-0.15, -0.1) is 0 Å². The molecular weight excluding hydrogens is 208 g/mol. The maximum Gasteiger partial charge on any atom is 0.272 e. The normalized spacial score (nSPS) is 26.4. The number of hydrogen-bond acceptors (Lipinski definition) is 4. The number of nitrogens with zero attached hydrogens (tertiary/aromatic N) is 2. The number of hydrogen-bond donors (Lipinski definition) is 2. The fraction of sp³-hybridized carbons (Fsp3) is 0.364. The Morgan fingerprint density at radius 1 is 1.25 bits per heavy atom. The van der Waals surface area contributed by atoms with Gasteiger partial charge in [0.05, 0.1) is 11.7 Å². The summed E-state index contributed by atoms with van der Waals surface area (Å²) >= 11 is 0. The van der Waals surface area contributed by atoms with Gasteiger partial charge in [-0.25, -0.2) is 10.0 Å². The van der Waals surface area contributed by atoms with Crippen LogP contribution in [-0.4, -0.2) is 40.3 Å². The third-order valence-electron chi connectivity index (χ3n) is 2.92. The lowest BCUT2D eigenvalue weighted by Crippen LogP contribution is -2.38. The predicted molar refractivity (Wildman–Crippen MR) is 58.8 cm³/mol. The van der Waals surface area contributed by atoms with Crippen LogP contribution < -0.4 is 5.01 Å². The van der Waals surface area contributed by atoms with E-state index in [2.05, 4.69) is 0 Å². The first-order valence-corrected chi connectivity index (χ1v) is 5.06. The number of phenols is 1. The van der Waals surface area contributed by atoms with Crippen LogP contribution in [0, 0.1) is 0 Å². The van der Waals surface area contributed by atoms with Crippen LogP contribution in [0.2, 0.25) is 0 Å². The van der Waals surface area contributed by atoms with E-state index in [0.29, 0.717) is 5.69 Å². The van der Waals surface area contributed by atoms with Crippen molar-refractivity contribution in [3.63, 3.8) is 0 Å². The standard InChI is InChI=1S/C11H14N2O3/c1-7-10(15)11(16)13(12(7)2)8-3-5-9(14)6-4-8/h3-7,10,14-15H,1-2H3. The molecule has 0 spiro atoms. The van der Waals surface area contributed by atoms with Crippen LogP contribution in [0.25, 0.3) is 0 Å². The Kier molecular flexibility index (Phi) is 2.57. The fourth-order valence-corrected chi connectivity index (χ4v) is 1.78. The van der Waals surface area contributed by atoms with Gasteiger partial charge >= 0.3 is 0 Å². The van der Waals surface area contributed by atoms with E-state index in [9.17, 15) is 9.90 Å². The van der Waals surface area contributed by atoms with Crippen LogP contribution >= 0.6 is 0 Å². The summed E-state index contributed by atoms with van der Waals surface area (Å²) in [5.74, 6) is -0.202. The van der Waals surface area contributed by atoms with Crippen LogP contribution in [0.5, 0.6) is 5.75 Å². The van der Waals surface area contributed by atoms with Gasteiger partial charge in [0.2, 0.25) is 0 Å². The van der Waals surface area contributed by atoms with Crippen LogP contribution in [-0.2, 0) is 4.79 Å². The Bertz CT molecular complexity index is 404. The van der Waals surface area contributed by atoms with Crippen molar-refractivity contribution in [2.75, 3.05) is 12.1 Å². The fourth-order valence-electron chi connectivity index (χ4n) is 1.78. The minimum Gasteiger partial charge on any atom is -0.508 e. The van der Waals surface area contributed by atoms with Gasteiger partial charge in [0.1, 0.15) is 5.75 Å². The number of aromatic hydroxyl groups is 1. The van der Waals surface area contributed by atoms with Gasteiger partial charge in [-0.05, 0) is 31.2 Å². The largest absolute Gasteiger partial charge is 0.508 e. The SMILES string of the molecule is CC1C(O)C(=O)N(c2ccc(O)cc2)N1C. The molecule has 0 radical (unpaired) electrons. The highest BCUT2D eigenvalue weighted by Crippen LogP contribution is 2.26. The highest BCUT2D eigenvalue weighted by molar-refractivity contribution is 5.98. The van der Waals surface area contributed by atoms with Gasteiger partial charge in [0.15, 0.2) is 6.10 Å². The van der Waals surface area contributed by atoms with Gasteiger partial charge in [0, 0.05) is 7.05 Å². The van der Waals surface area contributed by atoms with Crippen molar-refractivity contribution in [1.82, 2.24) is 5.01 Å². The summed E-state index contributed by atoms with van der Waals surface area (Å²) in [6, 6.07) is 6.03. The van der Waals surface area contributed by atoms with Crippen molar-refractivity contribution in [2.24, 2.45) is 0 Å². The van der Waals surface area contributed by atoms with E-state index in [1.807, 2.05) is 0 Å². The summed E-state index contributed by atoms with van der Waals surface area (Å²) in [7, 11) is 1.74. The molecule has 1 amide bonds. The summed E-state index contributed by atoms with van der Waals surface area (Å²) in [5.41, 5.74) is 0.633. The first-order chi connectivity index (χ1) is 7.52. The highest BCUT2D eigenvalue weighted by atomic mass is 16.3. The summed E-state index contributed by atoms with van der Waals surface area (Å²) in [4.78, 5) is 11.8. The molecule has 1 heterocycles. The Hall–Kier alpha value is -1.59. The minimum absolute atomic E-state index is 0.145. The zero-order valence-corrected chi connectivity index (χ0v) is 9.16. The summed E-state index contributed by atoms with van der Waals surface area (Å²) in [6.07, 6.45) is -1.00. The van der Waals surface area contributed by atoms with Crippen LogP contribution in [0.15, 0.2) is 24.3 Å². The molecule has 0 aromatic heterocycles. The topological polar surface area (TPSA) is 64.0 Å². The molecule has 86 valence electrons. The van der Waals surface area contributed by atoms with Crippen molar-refractivity contribution in [2.45, 2.75) is 19.1 Å². The third-order valence-corrected chi connectivity index (χ3v) is 2.92. The highest BCUT2D eigenvalue weighted by Gasteiger charge is 2.41. The molecule has 1 aromatic carbocycles. The monoisotopic (exact) mass is 222 g/mol. The van der Waals surface area contributed by atoms with Crippen molar-refractivity contribution in [3.05, 3.63) is 24.3 Å². The second kappa shape index (κ2) is 3.77. The molecule has 1 aliphatic rings. The zero-order valence-electron chi connectivity index (χ0n) is 9.16. The minimum atomic E-state index is -1.00. The number of carbonyl (C=O) groups excluding carboxylic acids is 1. The van der Waals surface area contributed by atoms with Gasteiger partial charge in [0.25, 0.3) is 5.91 Å². The Morgan fingerprint density at radius 2 is 1.81 bits per heavy atom. The Labute approximate surface area is 93.5 Å². The molecule has 2 N–H and O–H groups in total. The number of amides is 1. The molecule has 2 rings (SSSR count). The summed E-state index contributed by atoms with van der Waals surface area (Å²) < 4.78 is 0. The first kappa shape index (κ1) is 10.9. The van der Waals surface area contributed by atoms with Crippen LogP contribution in [0.4, 0.5) is 5.69 Å². The third kappa shape index (κ3) is 1.54. The summed E-state index contributed by atoms with van der Waals surface area (Å²) in [5, 5.41) is 21.9. The number of carbonyl (C=O) groups is 1. The lowest BCUT2D eigenvalue weighted by Gasteiger charge is -2.26. The van der Waals surface area contributed by atoms with E-state index in [-0.39, 0.29) is 17.7 Å². The molecule has 5 heteroatoms. The van der Waals surface area contributed by atoms with Crippen molar-refractivity contribution < 1.29 is 15.0 Å². The van der Waals surface area contributed by atoms with Crippen LogP contribution in [0.1, 0.15) is 6.92 Å². The van der Waals surface area contributed by atoms with E-state index >= 15 is 0 Å². The van der Waals surface area contributed by atoms with Crippen LogP contribution in [0.3, 0.4) is 0 Å². The summed E-state index contributed by atoms with van der Waals surface area (Å²) in [6.45, 7) is 1.78. The van der Waals surface area contributed by atoms with Gasteiger partial charge < -0.3 is 10.2 Å². The van der Waals surface area contributed by atoms with Gasteiger partial charge in [-0.3, -0.25) is 4.79 Å². The Morgan fingerprint density at radius 3 is 2.25 bits per heavy atom. The lowest BCUT2D eigenvalue weighted by molar-refractivity contribution is -0.124. The van der Waals surface area contributed by atoms with Crippen molar-refractivity contribution in [3.8, 4) is 5.75 Å². The second-order valence-electron chi connectivity index (χ2n) is 3.93. The number of phenolic OH excluding ortho intramolecular Hbond substituents is 1. The number of likely N-dealkylation sites (N-methyl/N-ethyl adjacent to an activating group) is 1. The number of rotatable bonds is 1. The van der Waals surface area contributed by atoms with E-state index in [0.717, 1.165) is 0 Å². The second-order valence-corrected chi connectivity index (χ2v) is 3.93. The number of aliphatic hydroxyl groups excluding tert-OH is 1. The zero-order chi connectivity index (χ0) is 11.9. The quantitative estimate of drug-likeness (QED) is 0.719. The predicted octanol–water partition coefficient (Wildman–Crippen LogP) is 0.335. The van der Waals surface area contributed by atoms with Crippen molar-refractivity contribution in [1.29, 1.82) is 0 Å². The number of anilines is 1. The lowest BCUT2D eigenvalue weighted by atomic mass is 10.2. The van der Waals surface area contributed by atoms with E-state index < -0.39 is 6.10 Å². The smallest absolute Gasteiger partial charge is 0.272 e. The Balaban J connectivity index is 2.34. The molecule has 0 bridgehead atoms. The molecule has 1 aliphatic heterocycles. The van der Waals surface area contributed by atoms with Gasteiger partial charge in [-0.1, -0.05) is 0 Å². The van der Waals surface area contributed by atoms with Gasteiger partial charge in [-0.2, -0.15) is 0 Å². The van der Waals surface area contributed by atoms with Crippen molar-refractivity contribution >= 4 is 11.6 Å². The average Bonchev–Trinajstić information content (AvgIpc) is 2.46. The number of aliphatic hydroxyl groups is 1. The molecule has 1 saturated heterocycles. The van der Waals surface area contributed by atoms with E-state index in [4.69, 9.17) is 5.11 Å². The first-order valence-electron chi connectivity index (χ1n) is 5.06. The molecule has 0 saturated carbocycles. The van der Waals surface area contributed by atoms with E-state index in [1.165, 1.54) is 17.1 Å². The number of hydrazine groups is 1. The molecule has 1 aromatic rings. The molecule has 2 atom stereocenters. The maximum atomic E-state index is 11.8. The average molecular weight is 222 g/mol. The molecular formula is C11H14N2O3. The maximum absolute atomic E-state index is 11.8. The van der Waals surface area contributed by atoms with E-state index in [1.54, 1.807) is 31.1 Å². The molecule has 0 aliphatic carbocycles. The number of benzene rings is 1. The molecule has 1 fully saturated rings. The molecule has 5 nitrogen and oxygen atoms in total. The molecule has 2 unspecified atom stereocenters.